The minimum absolute atomic E-state index is 0. The van der Waals surface area contributed by atoms with E-state index in [0.717, 1.165) is 30.2 Å². The van der Waals surface area contributed by atoms with E-state index in [1.807, 2.05) is 32.0 Å². The van der Waals surface area contributed by atoms with Crippen molar-refractivity contribution in [2.45, 2.75) is 26.9 Å². The average Bonchev–Trinajstić information content (AvgIpc) is 2.56. The summed E-state index contributed by atoms with van der Waals surface area (Å²) in [6.45, 7) is 7.00. The molecule has 2 rings (SSSR count). The van der Waals surface area contributed by atoms with Gasteiger partial charge in [0.25, 0.3) is 5.56 Å². The summed E-state index contributed by atoms with van der Waals surface area (Å²) in [5.41, 5.74) is 2.26. The molecule has 0 bridgehead atoms. The van der Waals surface area contributed by atoms with Crippen LogP contribution in [0, 0.1) is 0 Å². The molecule has 0 unspecified atom stereocenters. The average molecular weight is 440 g/mol. The van der Waals surface area contributed by atoms with Gasteiger partial charge in [-0.15, -0.1) is 24.0 Å². The molecule has 0 aliphatic heterocycles. The van der Waals surface area contributed by atoms with Crippen LogP contribution in [0.25, 0.3) is 0 Å². The number of pyridine rings is 1. The fourth-order valence-corrected chi connectivity index (χ4v) is 2.22. The quantitative estimate of drug-likeness (QED) is 0.413. The molecule has 1 aromatic heterocycles. The number of aliphatic imine (C=N–C) groups is 1. The molecule has 2 N–H and O–H groups in total. The summed E-state index contributed by atoms with van der Waals surface area (Å²) in [6.07, 6.45) is 1.81. The predicted molar refractivity (Wildman–Crippen MR) is 110 cm³/mol. The van der Waals surface area contributed by atoms with Crippen LogP contribution < -0.4 is 16.2 Å². The first-order valence-corrected chi connectivity index (χ1v) is 7.98. The molecule has 0 radical (unpaired) electrons. The number of halogens is 1. The van der Waals surface area contributed by atoms with E-state index in [9.17, 15) is 4.79 Å². The zero-order valence-electron chi connectivity index (χ0n) is 14.2. The summed E-state index contributed by atoms with van der Waals surface area (Å²) in [6, 6.07) is 13.4. The minimum Gasteiger partial charge on any atom is -0.357 e. The van der Waals surface area contributed by atoms with Crippen molar-refractivity contribution < 1.29 is 0 Å². The summed E-state index contributed by atoms with van der Waals surface area (Å²) in [4.78, 5) is 16.3. The first-order valence-electron chi connectivity index (χ1n) is 7.98. The zero-order valence-corrected chi connectivity index (χ0v) is 16.5. The lowest BCUT2D eigenvalue weighted by Gasteiger charge is -2.09. The van der Waals surface area contributed by atoms with Crippen LogP contribution in [0.5, 0.6) is 0 Å². The molecule has 0 amide bonds. The van der Waals surface area contributed by atoms with Crippen LogP contribution in [-0.4, -0.2) is 23.6 Å². The molecule has 1 heterocycles. The molecule has 130 valence electrons. The molecule has 24 heavy (non-hydrogen) atoms. The lowest BCUT2D eigenvalue weighted by molar-refractivity contribution is 0.759. The summed E-state index contributed by atoms with van der Waals surface area (Å²) in [7, 11) is 0. The fourth-order valence-electron chi connectivity index (χ4n) is 2.22. The highest BCUT2D eigenvalue weighted by molar-refractivity contribution is 14.0. The van der Waals surface area contributed by atoms with E-state index in [1.165, 1.54) is 0 Å². The highest BCUT2D eigenvalue weighted by atomic mass is 127. The lowest BCUT2D eigenvalue weighted by atomic mass is 10.1. The van der Waals surface area contributed by atoms with Crippen molar-refractivity contribution in [2.75, 3.05) is 13.1 Å². The van der Waals surface area contributed by atoms with Gasteiger partial charge in [0.15, 0.2) is 5.96 Å². The Kier molecular flexibility index (Phi) is 9.14. The number of hydrogen-bond acceptors (Lipinski definition) is 2. The van der Waals surface area contributed by atoms with Gasteiger partial charge in [0, 0.05) is 25.4 Å². The van der Waals surface area contributed by atoms with Crippen molar-refractivity contribution in [3.8, 4) is 0 Å². The van der Waals surface area contributed by atoms with Crippen LogP contribution in [0.2, 0.25) is 0 Å². The number of benzene rings is 1. The highest BCUT2D eigenvalue weighted by Crippen LogP contribution is 2.07. The van der Waals surface area contributed by atoms with Crippen LogP contribution in [0.15, 0.2) is 58.4 Å². The number of aromatic nitrogens is 1. The summed E-state index contributed by atoms with van der Waals surface area (Å²) < 4.78 is 1.70. The molecule has 6 heteroatoms. The summed E-state index contributed by atoms with van der Waals surface area (Å²) in [5, 5.41) is 6.41. The number of nitrogens with zero attached hydrogens (tertiary/aromatic N) is 2. The maximum absolute atomic E-state index is 11.7. The van der Waals surface area contributed by atoms with E-state index < -0.39 is 0 Å². The van der Waals surface area contributed by atoms with Crippen LogP contribution >= 0.6 is 24.0 Å². The van der Waals surface area contributed by atoms with E-state index in [2.05, 4.69) is 27.8 Å². The molecule has 5 nitrogen and oxygen atoms in total. The van der Waals surface area contributed by atoms with Gasteiger partial charge in [-0.1, -0.05) is 30.3 Å². The second-order valence-corrected chi connectivity index (χ2v) is 5.21. The highest BCUT2D eigenvalue weighted by Gasteiger charge is 1.99. The SMILES string of the molecule is CCNC(=NCc1ccc(Cn2ccccc2=O)cc1)NCC.I. The number of guanidine groups is 1. The van der Waals surface area contributed by atoms with Crippen molar-refractivity contribution in [3.05, 3.63) is 70.1 Å². The van der Waals surface area contributed by atoms with E-state index in [-0.39, 0.29) is 29.5 Å². The lowest BCUT2D eigenvalue weighted by Crippen LogP contribution is -2.36. The van der Waals surface area contributed by atoms with Crippen LogP contribution in [0.3, 0.4) is 0 Å². The van der Waals surface area contributed by atoms with Gasteiger partial charge in [0.2, 0.25) is 0 Å². The Balaban J connectivity index is 0.00000288. The third-order valence-corrected chi connectivity index (χ3v) is 3.38. The van der Waals surface area contributed by atoms with Gasteiger partial charge in [-0.2, -0.15) is 0 Å². The van der Waals surface area contributed by atoms with Gasteiger partial charge in [0.05, 0.1) is 13.1 Å². The van der Waals surface area contributed by atoms with E-state index in [0.29, 0.717) is 13.1 Å². The van der Waals surface area contributed by atoms with Crippen molar-refractivity contribution in [1.29, 1.82) is 0 Å². The van der Waals surface area contributed by atoms with Crippen molar-refractivity contribution in [1.82, 2.24) is 15.2 Å². The normalized spacial score (nSPS) is 9.75. The smallest absolute Gasteiger partial charge is 0.250 e. The monoisotopic (exact) mass is 440 g/mol. The Bertz CT molecular complexity index is 687. The summed E-state index contributed by atoms with van der Waals surface area (Å²) >= 11 is 0. The van der Waals surface area contributed by atoms with E-state index in [1.54, 1.807) is 22.9 Å². The van der Waals surface area contributed by atoms with Gasteiger partial charge in [-0.3, -0.25) is 4.79 Å². The molecular formula is C18H25IN4O. The first kappa shape index (κ1) is 20.2. The molecule has 2 aromatic rings. The standard InChI is InChI=1S/C18H24N4O.HI/c1-3-19-18(20-4-2)21-13-15-8-10-16(11-9-15)14-22-12-6-5-7-17(22)23;/h5-12H,3-4,13-14H2,1-2H3,(H2,19,20,21);1H. The minimum atomic E-state index is 0. The Hall–Kier alpha value is -1.83. The second-order valence-electron chi connectivity index (χ2n) is 5.21. The molecule has 0 aliphatic rings. The van der Waals surface area contributed by atoms with Gasteiger partial charge in [-0.05, 0) is 31.0 Å². The van der Waals surface area contributed by atoms with Gasteiger partial charge in [0.1, 0.15) is 0 Å². The number of nitrogens with one attached hydrogen (secondary N) is 2. The molecule has 1 aromatic carbocycles. The molecule has 0 fully saturated rings. The van der Waals surface area contributed by atoms with Crippen molar-refractivity contribution in [2.24, 2.45) is 4.99 Å². The Labute approximate surface area is 160 Å². The topological polar surface area (TPSA) is 58.4 Å². The molecule has 0 atom stereocenters. The van der Waals surface area contributed by atoms with Gasteiger partial charge >= 0.3 is 0 Å². The molecular weight excluding hydrogens is 415 g/mol. The van der Waals surface area contributed by atoms with E-state index >= 15 is 0 Å². The molecule has 0 aliphatic carbocycles. The molecule has 0 saturated heterocycles. The Morgan fingerprint density at radius 1 is 1.00 bits per heavy atom. The van der Waals surface area contributed by atoms with Crippen LogP contribution in [0.4, 0.5) is 0 Å². The molecule has 0 saturated carbocycles. The largest absolute Gasteiger partial charge is 0.357 e. The molecule has 0 spiro atoms. The summed E-state index contributed by atoms with van der Waals surface area (Å²) in [5.74, 6) is 0.829. The Morgan fingerprint density at radius 3 is 2.21 bits per heavy atom. The van der Waals surface area contributed by atoms with Gasteiger partial charge < -0.3 is 15.2 Å². The number of hydrogen-bond donors (Lipinski definition) is 2. The maximum Gasteiger partial charge on any atom is 0.250 e. The first-order chi connectivity index (χ1) is 11.2. The van der Waals surface area contributed by atoms with Crippen LogP contribution in [0.1, 0.15) is 25.0 Å². The van der Waals surface area contributed by atoms with Crippen LogP contribution in [-0.2, 0) is 13.1 Å². The van der Waals surface area contributed by atoms with Gasteiger partial charge in [-0.25, -0.2) is 4.99 Å². The second kappa shape index (κ2) is 10.9. The predicted octanol–water partition coefficient (Wildman–Crippen LogP) is 2.59. The third-order valence-electron chi connectivity index (χ3n) is 3.38. The van der Waals surface area contributed by atoms with Crippen molar-refractivity contribution in [3.63, 3.8) is 0 Å². The number of rotatable bonds is 6. The zero-order chi connectivity index (χ0) is 16.5. The third kappa shape index (κ3) is 6.35. The fraction of sp³-hybridized carbons (Fsp3) is 0.333. The maximum atomic E-state index is 11.7. The van der Waals surface area contributed by atoms with Crippen molar-refractivity contribution >= 4 is 29.9 Å². The van der Waals surface area contributed by atoms with E-state index in [4.69, 9.17) is 0 Å². The Morgan fingerprint density at radius 2 is 1.62 bits per heavy atom.